The molecule has 2 aromatic carbocycles. The van der Waals surface area contributed by atoms with E-state index in [-0.39, 0.29) is 0 Å². The van der Waals surface area contributed by atoms with Gasteiger partial charge in [-0.05, 0) is 50.7 Å². The number of para-hydroxylation sites is 1. The molecule has 2 heteroatoms. The number of nitrogens with one attached hydrogen (secondary N) is 1. The summed E-state index contributed by atoms with van der Waals surface area (Å²) in [6, 6.07) is 15.1. The van der Waals surface area contributed by atoms with Crippen LogP contribution < -0.4 is 5.32 Å². The average molecular weight is 268 g/mol. The van der Waals surface area contributed by atoms with Gasteiger partial charge in [-0.3, -0.25) is 0 Å². The van der Waals surface area contributed by atoms with Crippen LogP contribution in [0, 0.1) is 6.92 Å². The van der Waals surface area contributed by atoms with Crippen molar-refractivity contribution in [3.05, 3.63) is 59.2 Å². The Morgan fingerprint density at radius 3 is 2.35 bits per heavy atom. The van der Waals surface area contributed by atoms with Crippen molar-refractivity contribution in [2.75, 3.05) is 19.4 Å². The van der Waals surface area contributed by atoms with Gasteiger partial charge in [0.25, 0.3) is 0 Å². The van der Waals surface area contributed by atoms with E-state index in [9.17, 15) is 0 Å². The lowest BCUT2D eigenvalue weighted by Gasteiger charge is -2.18. The first-order chi connectivity index (χ1) is 9.60. The largest absolute Gasteiger partial charge is 0.355 e. The summed E-state index contributed by atoms with van der Waals surface area (Å²) < 4.78 is 0. The lowest BCUT2D eigenvalue weighted by molar-refractivity contribution is 0.403. The highest BCUT2D eigenvalue weighted by atomic mass is 15.1. The van der Waals surface area contributed by atoms with Crippen molar-refractivity contribution in [2.45, 2.75) is 26.8 Å². The van der Waals surface area contributed by atoms with Crippen LogP contribution in [0.4, 0.5) is 11.4 Å². The summed E-state index contributed by atoms with van der Waals surface area (Å²) in [4.78, 5) is 2.20. The molecule has 106 valence electrons. The summed E-state index contributed by atoms with van der Waals surface area (Å²) in [5.41, 5.74) is 6.39. The summed E-state index contributed by atoms with van der Waals surface area (Å²) in [5.74, 6) is 0. The number of hydrogen-bond acceptors (Lipinski definition) is 2. The highest BCUT2D eigenvalue weighted by molar-refractivity contribution is 5.66. The van der Waals surface area contributed by atoms with Gasteiger partial charge in [0.05, 0.1) is 0 Å². The van der Waals surface area contributed by atoms with Crippen molar-refractivity contribution >= 4 is 11.4 Å². The van der Waals surface area contributed by atoms with Gasteiger partial charge < -0.3 is 10.2 Å². The van der Waals surface area contributed by atoms with E-state index < -0.39 is 0 Å². The van der Waals surface area contributed by atoms with E-state index in [1.54, 1.807) is 0 Å². The van der Waals surface area contributed by atoms with Gasteiger partial charge in [-0.2, -0.15) is 0 Å². The molecule has 0 aromatic heterocycles. The quantitative estimate of drug-likeness (QED) is 0.866. The standard InChI is InChI=1S/C18H24N2/c1-5-15-8-6-7-9-17(15)19-18-11-10-14(2)12-16(18)13-20(3)4/h6-12,19H,5,13H2,1-4H3. The predicted octanol–water partition coefficient (Wildman–Crippen LogP) is 4.36. The van der Waals surface area contributed by atoms with E-state index in [1.807, 2.05) is 0 Å². The Morgan fingerprint density at radius 2 is 1.65 bits per heavy atom. The second kappa shape index (κ2) is 6.58. The van der Waals surface area contributed by atoms with Crippen LogP contribution in [-0.2, 0) is 13.0 Å². The van der Waals surface area contributed by atoms with E-state index in [2.05, 4.69) is 80.6 Å². The molecular formula is C18H24N2. The molecule has 0 radical (unpaired) electrons. The molecule has 0 heterocycles. The van der Waals surface area contributed by atoms with Gasteiger partial charge in [0.1, 0.15) is 0 Å². The third-order valence-corrected chi connectivity index (χ3v) is 3.41. The molecule has 0 amide bonds. The summed E-state index contributed by atoms with van der Waals surface area (Å²) in [6.07, 6.45) is 1.04. The van der Waals surface area contributed by atoms with Crippen LogP contribution in [0.1, 0.15) is 23.6 Å². The molecule has 0 fully saturated rings. The highest BCUT2D eigenvalue weighted by Gasteiger charge is 2.06. The van der Waals surface area contributed by atoms with Gasteiger partial charge in [-0.1, -0.05) is 42.8 Å². The van der Waals surface area contributed by atoms with Crippen molar-refractivity contribution in [3.63, 3.8) is 0 Å². The molecular weight excluding hydrogens is 244 g/mol. The maximum atomic E-state index is 3.60. The molecule has 0 saturated carbocycles. The summed E-state index contributed by atoms with van der Waals surface area (Å²) in [6.45, 7) is 5.28. The molecule has 2 aromatic rings. The van der Waals surface area contributed by atoms with Gasteiger partial charge in [-0.25, -0.2) is 0 Å². The Balaban J connectivity index is 2.33. The van der Waals surface area contributed by atoms with Crippen LogP contribution in [0.2, 0.25) is 0 Å². The summed E-state index contributed by atoms with van der Waals surface area (Å²) in [7, 11) is 4.21. The summed E-state index contributed by atoms with van der Waals surface area (Å²) >= 11 is 0. The molecule has 2 nitrogen and oxygen atoms in total. The second-order valence-electron chi connectivity index (χ2n) is 5.53. The van der Waals surface area contributed by atoms with Crippen LogP contribution in [0.15, 0.2) is 42.5 Å². The summed E-state index contributed by atoms with van der Waals surface area (Å²) in [5, 5.41) is 3.60. The minimum absolute atomic E-state index is 0.943. The number of nitrogens with zero attached hydrogens (tertiary/aromatic N) is 1. The number of hydrogen-bond donors (Lipinski definition) is 1. The van der Waals surface area contributed by atoms with Crippen molar-refractivity contribution in [1.29, 1.82) is 0 Å². The first-order valence-electron chi connectivity index (χ1n) is 7.19. The fraction of sp³-hybridized carbons (Fsp3) is 0.333. The van der Waals surface area contributed by atoms with Crippen molar-refractivity contribution in [1.82, 2.24) is 4.90 Å². The Morgan fingerprint density at radius 1 is 0.950 bits per heavy atom. The van der Waals surface area contributed by atoms with Crippen molar-refractivity contribution in [2.24, 2.45) is 0 Å². The maximum Gasteiger partial charge on any atom is 0.0430 e. The van der Waals surface area contributed by atoms with E-state index in [0.717, 1.165) is 13.0 Å². The fourth-order valence-corrected chi connectivity index (χ4v) is 2.41. The van der Waals surface area contributed by atoms with Gasteiger partial charge in [0, 0.05) is 17.9 Å². The smallest absolute Gasteiger partial charge is 0.0430 e. The highest BCUT2D eigenvalue weighted by Crippen LogP contribution is 2.25. The lowest BCUT2D eigenvalue weighted by atomic mass is 10.1. The third kappa shape index (κ3) is 3.61. The zero-order chi connectivity index (χ0) is 14.5. The minimum Gasteiger partial charge on any atom is -0.355 e. The topological polar surface area (TPSA) is 15.3 Å². The fourth-order valence-electron chi connectivity index (χ4n) is 2.41. The zero-order valence-electron chi connectivity index (χ0n) is 12.9. The van der Waals surface area contributed by atoms with E-state index >= 15 is 0 Å². The molecule has 0 aliphatic heterocycles. The number of rotatable bonds is 5. The van der Waals surface area contributed by atoms with Gasteiger partial charge in [-0.15, -0.1) is 0 Å². The molecule has 2 rings (SSSR count). The van der Waals surface area contributed by atoms with Crippen LogP contribution in [0.5, 0.6) is 0 Å². The van der Waals surface area contributed by atoms with E-state index in [0.29, 0.717) is 0 Å². The second-order valence-corrected chi connectivity index (χ2v) is 5.53. The number of aryl methyl sites for hydroxylation is 2. The van der Waals surface area contributed by atoms with Crippen molar-refractivity contribution in [3.8, 4) is 0 Å². The van der Waals surface area contributed by atoms with E-state index in [4.69, 9.17) is 0 Å². The van der Waals surface area contributed by atoms with Crippen LogP contribution in [0.3, 0.4) is 0 Å². The van der Waals surface area contributed by atoms with Gasteiger partial charge in [0.2, 0.25) is 0 Å². The zero-order valence-corrected chi connectivity index (χ0v) is 12.9. The Hall–Kier alpha value is -1.80. The first kappa shape index (κ1) is 14.6. The molecule has 0 saturated heterocycles. The molecule has 0 unspecified atom stereocenters. The Bertz CT molecular complexity index is 573. The van der Waals surface area contributed by atoms with E-state index in [1.165, 1.54) is 28.1 Å². The average Bonchev–Trinajstić information content (AvgIpc) is 2.42. The normalized spacial score (nSPS) is 10.8. The predicted molar refractivity (Wildman–Crippen MR) is 87.7 cm³/mol. The third-order valence-electron chi connectivity index (χ3n) is 3.41. The molecule has 0 spiro atoms. The SMILES string of the molecule is CCc1ccccc1Nc1ccc(C)cc1CN(C)C. The van der Waals surface area contributed by atoms with Gasteiger partial charge in [0.15, 0.2) is 0 Å². The van der Waals surface area contributed by atoms with Crippen LogP contribution in [0.25, 0.3) is 0 Å². The molecule has 0 atom stereocenters. The molecule has 1 N–H and O–H groups in total. The first-order valence-corrected chi connectivity index (χ1v) is 7.19. The monoisotopic (exact) mass is 268 g/mol. The molecule has 0 aliphatic carbocycles. The lowest BCUT2D eigenvalue weighted by Crippen LogP contribution is -2.12. The maximum absolute atomic E-state index is 3.60. The number of benzene rings is 2. The molecule has 0 aliphatic rings. The van der Waals surface area contributed by atoms with Crippen LogP contribution >= 0.6 is 0 Å². The Labute approximate surface area is 122 Å². The Kier molecular flexibility index (Phi) is 4.80. The van der Waals surface area contributed by atoms with Crippen molar-refractivity contribution < 1.29 is 0 Å². The van der Waals surface area contributed by atoms with Crippen LogP contribution in [-0.4, -0.2) is 19.0 Å². The minimum atomic E-state index is 0.943. The van der Waals surface area contributed by atoms with Gasteiger partial charge >= 0.3 is 0 Å². The number of anilines is 2. The molecule has 0 bridgehead atoms. The molecule has 20 heavy (non-hydrogen) atoms.